The minimum Gasteiger partial charge on any atom is -0.289 e. The summed E-state index contributed by atoms with van der Waals surface area (Å²) in [6.45, 7) is 0. The summed E-state index contributed by atoms with van der Waals surface area (Å²) in [6, 6.07) is 10.4. The molecule has 2 aromatic carbocycles. The van der Waals surface area contributed by atoms with Gasteiger partial charge in [0.25, 0.3) is 0 Å². The zero-order chi connectivity index (χ0) is 14.9. The van der Waals surface area contributed by atoms with E-state index in [0.29, 0.717) is 5.02 Å². The molecule has 0 amide bonds. The molecule has 0 aliphatic heterocycles. The summed E-state index contributed by atoms with van der Waals surface area (Å²) in [7, 11) is -3.37. The summed E-state index contributed by atoms with van der Waals surface area (Å²) in [5.41, 5.74) is 0.488. The molecule has 0 N–H and O–H groups in total. The molecular weight excluding hydrogens is 319 g/mol. The van der Waals surface area contributed by atoms with Gasteiger partial charge < -0.3 is 0 Å². The first-order valence-electron chi connectivity index (χ1n) is 5.59. The maximum absolute atomic E-state index is 12.4. The zero-order valence-electron chi connectivity index (χ0n) is 10.4. The van der Waals surface area contributed by atoms with Crippen LogP contribution in [0.4, 0.5) is 0 Å². The molecule has 2 rings (SSSR count). The highest BCUT2D eigenvalue weighted by molar-refractivity contribution is 7.90. The fourth-order valence-electron chi connectivity index (χ4n) is 1.69. The van der Waals surface area contributed by atoms with Crippen LogP contribution in [0.2, 0.25) is 10.0 Å². The van der Waals surface area contributed by atoms with E-state index in [1.807, 2.05) is 0 Å². The van der Waals surface area contributed by atoms with Gasteiger partial charge in [0.05, 0.1) is 9.92 Å². The van der Waals surface area contributed by atoms with Gasteiger partial charge in [-0.05, 0) is 30.3 Å². The summed E-state index contributed by atoms with van der Waals surface area (Å²) in [6.07, 6.45) is 1.09. The van der Waals surface area contributed by atoms with E-state index in [0.717, 1.165) is 6.26 Å². The van der Waals surface area contributed by atoms with Crippen LogP contribution < -0.4 is 0 Å². The van der Waals surface area contributed by atoms with Crippen LogP contribution >= 0.6 is 23.2 Å². The van der Waals surface area contributed by atoms with Crippen LogP contribution in [0.25, 0.3) is 0 Å². The average Bonchev–Trinajstić information content (AvgIpc) is 2.40. The molecule has 0 saturated heterocycles. The second-order valence-electron chi connectivity index (χ2n) is 4.25. The third kappa shape index (κ3) is 3.20. The molecule has 0 unspecified atom stereocenters. The van der Waals surface area contributed by atoms with Crippen molar-refractivity contribution in [3.63, 3.8) is 0 Å². The SMILES string of the molecule is CS(=O)(=O)c1cccc(C(=O)c2cc(Cl)ccc2Cl)c1. The van der Waals surface area contributed by atoms with Crippen LogP contribution in [0.3, 0.4) is 0 Å². The first-order valence-corrected chi connectivity index (χ1v) is 8.23. The molecule has 0 aliphatic rings. The number of rotatable bonds is 3. The molecule has 20 heavy (non-hydrogen) atoms. The Balaban J connectivity index is 2.52. The van der Waals surface area contributed by atoms with Crippen molar-refractivity contribution < 1.29 is 13.2 Å². The first kappa shape index (κ1) is 15.0. The van der Waals surface area contributed by atoms with Crippen molar-refractivity contribution in [3.05, 3.63) is 63.6 Å². The Morgan fingerprint density at radius 1 is 1.05 bits per heavy atom. The lowest BCUT2D eigenvalue weighted by molar-refractivity contribution is 0.103. The number of carbonyl (C=O) groups excluding carboxylic acids is 1. The molecule has 0 bridgehead atoms. The van der Waals surface area contributed by atoms with E-state index in [1.54, 1.807) is 6.07 Å². The van der Waals surface area contributed by atoms with Gasteiger partial charge in [-0.15, -0.1) is 0 Å². The van der Waals surface area contributed by atoms with E-state index < -0.39 is 9.84 Å². The van der Waals surface area contributed by atoms with Crippen LogP contribution in [0.5, 0.6) is 0 Å². The smallest absolute Gasteiger partial charge is 0.194 e. The van der Waals surface area contributed by atoms with Gasteiger partial charge in [-0.1, -0.05) is 35.3 Å². The minimum atomic E-state index is -3.37. The molecule has 0 fully saturated rings. The topological polar surface area (TPSA) is 51.2 Å². The molecule has 0 aromatic heterocycles. The van der Waals surface area contributed by atoms with Crippen LogP contribution in [0.1, 0.15) is 15.9 Å². The van der Waals surface area contributed by atoms with Crippen LogP contribution in [-0.2, 0) is 9.84 Å². The molecule has 0 atom stereocenters. The van der Waals surface area contributed by atoms with Gasteiger partial charge in [0.1, 0.15) is 0 Å². The standard InChI is InChI=1S/C14H10Cl2O3S/c1-20(18,19)11-4-2-3-9(7-11)14(17)12-8-10(15)5-6-13(12)16/h2-8H,1H3. The lowest BCUT2D eigenvalue weighted by Crippen LogP contribution is -2.05. The van der Waals surface area contributed by atoms with Gasteiger partial charge in [0, 0.05) is 22.4 Å². The molecule has 0 spiro atoms. The van der Waals surface area contributed by atoms with E-state index >= 15 is 0 Å². The second kappa shape index (κ2) is 5.56. The first-order chi connectivity index (χ1) is 9.29. The second-order valence-corrected chi connectivity index (χ2v) is 7.11. The van der Waals surface area contributed by atoms with E-state index in [4.69, 9.17) is 23.2 Å². The van der Waals surface area contributed by atoms with E-state index in [1.165, 1.54) is 36.4 Å². The normalized spacial score (nSPS) is 11.3. The minimum absolute atomic E-state index is 0.0847. The van der Waals surface area contributed by atoms with Crippen molar-refractivity contribution in [2.24, 2.45) is 0 Å². The Labute approximate surface area is 127 Å². The molecule has 0 radical (unpaired) electrons. The number of hydrogen-bond donors (Lipinski definition) is 0. The van der Waals surface area contributed by atoms with E-state index in [-0.39, 0.29) is 26.8 Å². The molecule has 0 aliphatic carbocycles. The molecular formula is C14H10Cl2O3S. The number of hydrogen-bond acceptors (Lipinski definition) is 3. The monoisotopic (exact) mass is 328 g/mol. The van der Waals surface area contributed by atoms with Gasteiger partial charge in [-0.2, -0.15) is 0 Å². The van der Waals surface area contributed by atoms with Gasteiger partial charge in [0.2, 0.25) is 0 Å². The maximum Gasteiger partial charge on any atom is 0.194 e. The van der Waals surface area contributed by atoms with Crippen molar-refractivity contribution in [1.29, 1.82) is 0 Å². The molecule has 104 valence electrons. The lowest BCUT2D eigenvalue weighted by atomic mass is 10.0. The largest absolute Gasteiger partial charge is 0.289 e. The summed E-state index contributed by atoms with van der Waals surface area (Å²) >= 11 is 11.8. The summed E-state index contributed by atoms with van der Waals surface area (Å²) in [5, 5.41) is 0.654. The number of carbonyl (C=O) groups is 1. The summed E-state index contributed by atoms with van der Waals surface area (Å²) in [4.78, 5) is 12.4. The Morgan fingerprint density at radius 3 is 2.40 bits per heavy atom. The predicted octanol–water partition coefficient (Wildman–Crippen LogP) is 3.63. The highest BCUT2D eigenvalue weighted by atomic mass is 35.5. The zero-order valence-corrected chi connectivity index (χ0v) is 12.8. The summed E-state index contributed by atoms with van der Waals surface area (Å²) < 4.78 is 23.0. The molecule has 2 aromatic rings. The van der Waals surface area contributed by atoms with Crippen LogP contribution in [0, 0.1) is 0 Å². The van der Waals surface area contributed by atoms with E-state index in [9.17, 15) is 13.2 Å². The number of halogens is 2. The fourth-order valence-corrected chi connectivity index (χ4v) is 2.74. The number of benzene rings is 2. The summed E-state index contributed by atoms with van der Waals surface area (Å²) in [5.74, 6) is -0.372. The van der Waals surface area contributed by atoms with Crippen LogP contribution in [0.15, 0.2) is 47.4 Å². The van der Waals surface area contributed by atoms with Crippen LogP contribution in [-0.4, -0.2) is 20.5 Å². The molecule has 0 heterocycles. The predicted molar refractivity (Wildman–Crippen MR) is 79.4 cm³/mol. The Hall–Kier alpha value is -1.36. The van der Waals surface area contributed by atoms with Crippen molar-refractivity contribution in [3.8, 4) is 0 Å². The fraction of sp³-hybridized carbons (Fsp3) is 0.0714. The Bertz CT molecular complexity index is 783. The molecule has 0 saturated carbocycles. The quantitative estimate of drug-likeness (QED) is 0.808. The highest BCUT2D eigenvalue weighted by Crippen LogP contribution is 2.24. The van der Waals surface area contributed by atoms with Gasteiger partial charge in [0.15, 0.2) is 15.6 Å². The molecule has 3 nitrogen and oxygen atoms in total. The van der Waals surface area contributed by atoms with Gasteiger partial charge in [-0.3, -0.25) is 4.79 Å². The van der Waals surface area contributed by atoms with Gasteiger partial charge in [-0.25, -0.2) is 8.42 Å². The lowest BCUT2D eigenvalue weighted by Gasteiger charge is -2.06. The third-order valence-electron chi connectivity index (χ3n) is 2.70. The Kier molecular flexibility index (Phi) is 4.18. The highest BCUT2D eigenvalue weighted by Gasteiger charge is 2.16. The molecule has 6 heteroatoms. The van der Waals surface area contributed by atoms with Crippen molar-refractivity contribution >= 4 is 38.8 Å². The average molecular weight is 329 g/mol. The third-order valence-corrected chi connectivity index (χ3v) is 4.37. The van der Waals surface area contributed by atoms with Crippen molar-refractivity contribution in [1.82, 2.24) is 0 Å². The van der Waals surface area contributed by atoms with Crippen molar-refractivity contribution in [2.45, 2.75) is 4.90 Å². The number of sulfone groups is 1. The maximum atomic E-state index is 12.4. The van der Waals surface area contributed by atoms with E-state index in [2.05, 4.69) is 0 Å². The Morgan fingerprint density at radius 2 is 1.75 bits per heavy atom. The number of ketones is 1. The van der Waals surface area contributed by atoms with Crippen molar-refractivity contribution in [2.75, 3.05) is 6.26 Å². The van der Waals surface area contributed by atoms with Gasteiger partial charge >= 0.3 is 0 Å².